The Bertz CT molecular complexity index is 972. The molecule has 0 aliphatic carbocycles. The summed E-state index contributed by atoms with van der Waals surface area (Å²) in [6.45, 7) is 5.52. The van der Waals surface area contributed by atoms with E-state index in [2.05, 4.69) is 36.6 Å². The van der Waals surface area contributed by atoms with Crippen molar-refractivity contribution in [1.82, 2.24) is 20.5 Å². The number of aliphatic imine (C=N–C) groups is 1. The minimum atomic E-state index is -2.80. The third-order valence-corrected chi connectivity index (χ3v) is 8.59. The molecule has 1 aromatic heterocycles. The van der Waals surface area contributed by atoms with Gasteiger partial charge >= 0.3 is 0 Å². The van der Waals surface area contributed by atoms with Crippen molar-refractivity contribution in [2.45, 2.75) is 39.2 Å². The van der Waals surface area contributed by atoms with Gasteiger partial charge < -0.3 is 9.84 Å². The average molecular weight is 533 g/mol. The molecule has 1 unspecified atom stereocenters. The second-order valence-electron chi connectivity index (χ2n) is 7.28. The molecule has 1 atom stereocenters. The van der Waals surface area contributed by atoms with Gasteiger partial charge in [-0.05, 0) is 70.6 Å². The van der Waals surface area contributed by atoms with Crippen molar-refractivity contribution in [3.05, 3.63) is 34.2 Å². The van der Waals surface area contributed by atoms with Crippen LogP contribution in [0.3, 0.4) is 0 Å². The number of benzene rings is 1. The molecular formula is C19H27BrFN6O4P. The molecule has 176 valence electrons. The number of aromatic nitrogens is 2. The molecule has 1 saturated heterocycles. The molecule has 13 heteroatoms. The van der Waals surface area contributed by atoms with Gasteiger partial charge in [0.25, 0.3) is 7.52 Å². The van der Waals surface area contributed by atoms with Gasteiger partial charge in [0.2, 0.25) is 5.82 Å². The van der Waals surface area contributed by atoms with Crippen LogP contribution in [0.25, 0.3) is 0 Å². The normalized spacial score (nSPS) is 17.8. The molecule has 1 aromatic carbocycles. The number of nitrogens with one attached hydrogen (secondary N) is 2. The summed E-state index contributed by atoms with van der Waals surface area (Å²) in [7, 11) is -2.80. The maximum absolute atomic E-state index is 13.5. The lowest BCUT2D eigenvalue weighted by Gasteiger charge is -2.36. The van der Waals surface area contributed by atoms with E-state index in [1.807, 2.05) is 24.0 Å². The Morgan fingerprint density at radius 2 is 2.16 bits per heavy atom. The largest absolute Gasteiger partial charge is 0.362 e. The molecule has 1 fully saturated rings. The van der Waals surface area contributed by atoms with Gasteiger partial charge in [-0.3, -0.25) is 15.3 Å². The van der Waals surface area contributed by atoms with E-state index in [0.717, 1.165) is 19.3 Å². The van der Waals surface area contributed by atoms with Crippen LogP contribution in [0.1, 0.15) is 38.8 Å². The Morgan fingerprint density at radius 1 is 1.41 bits per heavy atom. The van der Waals surface area contributed by atoms with Crippen LogP contribution in [-0.2, 0) is 9.09 Å². The maximum atomic E-state index is 13.5. The fourth-order valence-electron chi connectivity index (χ4n) is 3.53. The minimum Gasteiger partial charge on any atom is -0.362 e. The van der Waals surface area contributed by atoms with E-state index in [-0.39, 0.29) is 22.0 Å². The number of halogens is 2. The molecule has 0 radical (unpaired) electrons. The van der Waals surface area contributed by atoms with Crippen molar-refractivity contribution >= 4 is 40.8 Å². The van der Waals surface area contributed by atoms with Gasteiger partial charge in [-0.15, -0.1) is 0 Å². The third kappa shape index (κ3) is 5.93. The van der Waals surface area contributed by atoms with Crippen LogP contribution in [0.5, 0.6) is 0 Å². The summed E-state index contributed by atoms with van der Waals surface area (Å²) in [4.78, 5) is 4.26. The van der Waals surface area contributed by atoms with Crippen molar-refractivity contribution in [2.24, 2.45) is 4.99 Å². The van der Waals surface area contributed by atoms with Crippen LogP contribution >= 0.6 is 23.4 Å². The molecule has 32 heavy (non-hydrogen) atoms. The zero-order valence-electron chi connectivity index (χ0n) is 17.9. The quantitative estimate of drug-likeness (QED) is 0.184. The zero-order chi connectivity index (χ0) is 23.1. The van der Waals surface area contributed by atoms with Crippen LogP contribution in [0.2, 0.25) is 0 Å². The highest BCUT2D eigenvalue weighted by Gasteiger charge is 2.34. The van der Waals surface area contributed by atoms with Gasteiger partial charge in [0.05, 0.1) is 16.8 Å². The number of amidine groups is 1. The predicted octanol–water partition coefficient (Wildman–Crippen LogP) is 4.54. The van der Waals surface area contributed by atoms with E-state index in [0.29, 0.717) is 37.4 Å². The Labute approximate surface area is 194 Å². The second kappa shape index (κ2) is 11.3. The lowest BCUT2D eigenvalue weighted by atomic mass is 10.1. The highest BCUT2D eigenvalue weighted by Crippen LogP contribution is 2.52. The summed E-state index contributed by atoms with van der Waals surface area (Å²) < 4.78 is 39.3. The number of rotatable bonds is 9. The lowest BCUT2D eigenvalue weighted by Crippen LogP contribution is -2.38. The van der Waals surface area contributed by atoms with Crippen LogP contribution < -0.4 is 10.8 Å². The van der Waals surface area contributed by atoms with Gasteiger partial charge in [0.1, 0.15) is 5.82 Å². The fourth-order valence-corrected chi connectivity index (χ4v) is 6.28. The summed E-state index contributed by atoms with van der Waals surface area (Å²) >= 11 is 3.11. The molecule has 0 amide bonds. The van der Waals surface area contributed by atoms with Gasteiger partial charge in [0, 0.05) is 25.3 Å². The van der Waals surface area contributed by atoms with Crippen LogP contribution in [-0.4, -0.2) is 57.9 Å². The summed E-state index contributed by atoms with van der Waals surface area (Å²) in [6, 6.07) is 4.22. The van der Waals surface area contributed by atoms with Crippen LogP contribution in [0.4, 0.5) is 15.9 Å². The standard InChI is InChI=1S/C19H27BrFN6O4P/c1-3-11-32(29,30-4-2)27-9-7-13(8-10-27)22-19-17(25-31-26-19)18(24-28)23-14-5-6-16(21)15(20)12-14/h5-6,12-13,28H,3-4,7-11H2,1-2H3,(H,22,26)(H,23,24). The molecular weight excluding hydrogens is 506 g/mol. The first-order chi connectivity index (χ1) is 15.4. The van der Waals surface area contributed by atoms with Crippen molar-refractivity contribution in [3.63, 3.8) is 0 Å². The smallest absolute Gasteiger partial charge is 0.272 e. The molecule has 1 aliphatic rings. The number of anilines is 1. The van der Waals surface area contributed by atoms with Gasteiger partial charge in [-0.25, -0.2) is 18.7 Å². The number of piperidine rings is 1. The number of hydroxylamine groups is 1. The average Bonchev–Trinajstić information content (AvgIpc) is 3.23. The van der Waals surface area contributed by atoms with E-state index >= 15 is 0 Å². The summed E-state index contributed by atoms with van der Waals surface area (Å²) in [5, 5.41) is 20.6. The molecule has 3 rings (SSSR count). The first-order valence-corrected chi connectivity index (χ1v) is 13.0. The van der Waals surface area contributed by atoms with Crippen LogP contribution in [0.15, 0.2) is 32.3 Å². The molecule has 2 aromatic rings. The summed E-state index contributed by atoms with van der Waals surface area (Å²) in [6.07, 6.45) is 2.77. The zero-order valence-corrected chi connectivity index (χ0v) is 20.4. The topological polar surface area (TPSA) is 125 Å². The molecule has 0 spiro atoms. The first kappa shape index (κ1) is 24.8. The fraction of sp³-hybridized carbons (Fsp3) is 0.526. The first-order valence-electron chi connectivity index (χ1n) is 10.4. The summed E-state index contributed by atoms with van der Waals surface area (Å²) in [5.41, 5.74) is 2.57. The van der Waals surface area contributed by atoms with Crippen molar-refractivity contribution in [1.29, 1.82) is 0 Å². The molecule has 0 saturated carbocycles. The molecule has 0 bridgehead atoms. The Kier molecular flexibility index (Phi) is 8.78. The molecule has 10 nitrogen and oxygen atoms in total. The Hall–Kier alpha value is -1.85. The summed E-state index contributed by atoms with van der Waals surface area (Å²) in [5.74, 6) is -0.118. The maximum Gasteiger partial charge on any atom is 0.272 e. The minimum absolute atomic E-state index is 0.00603. The number of nitrogens with zero attached hydrogens (tertiary/aromatic N) is 4. The van der Waals surface area contributed by atoms with Crippen molar-refractivity contribution < 1.29 is 23.3 Å². The predicted molar refractivity (Wildman–Crippen MR) is 122 cm³/mol. The van der Waals surface area contributed by atoms with Crippen molar-refractivity contribution in [2.75, 3.05) is 31.2 Å². The highest BCUT2D eigenvalue weighted by atomic mass is 79.9. The Morgan fingerprint density at radius 3 is 2.78 bits per heavy atom. The van der Waals surface area contributed by atoms with Crippen LogP contribution in [0, 0.1) is 5.82 Å². The second-order valence-corrected chi connectivity index (χ2v) is 10.7. The van der Waals surface area contributed by atoms with E-state index in [4.69, 9.17) is 9.15 Å². The highest BCUT2D eigenvalue weighted by molar-refractivity contribution is 9.10. The Balaban J connectivity index is 1.69. The van der Waals surface area contributed by atoms with Gasteiger partial charge in [0.15, 0.2) is 11.5 Å². The molecule has 1 aliphatic heterocycles. The SMILES string of the molecule is CCCP(=O)(OCC)N1CCC(Nc2nonc2C(=Nc2ccc(F)c(Br)c2)NO)CC1. The number of hydrogen-bond acceptors (Lipinski definition) is 8. The van der Waals surface area contributed by atoms with E-state index in [1.165, 1.54) is 18.2 Å². The van der Waals surface area contributed by atoms with E-state index < -0.39 is 13.3 Å². The van der Waals surface area contributed by atoms with Gasteiger partial charge in [-0.2, -0.15) is 0 Å². The third-order valence-electron chi connectivity index (χ3n) is 5.04. The van der Waals surface area contributed by atoms with Gasteiger partial charge in [-0.1, -0.05) is 6.92 Å². The van der Waals surface area contributed by atoms with E-state index in [1.54, 1.807) is 0 Å². The monoisotopic (exact) mass is 532 g/mol. The molecule has 3 N–H and O–H groups in total. The lowest BCUT2D eigenvalue weighted by molar-refractivity contribution is 0.234. The van der Waals surface area contributed by atoms with E-state index in [9.17, 15) is 14.2 Å². The molecule has 2 heterocycles. The van der Waals surface area contributed by atoms with Crippen molar-refractivity contribution in [3.8, 4) is 0 Å². The number of hydrogen-bond donors (Lipinski definition) is 3.